The molecule has 1 amide bonds. The second-order valence-corrected chi connectivity index (χ2v) is 7.01. The second-order valence-electron chi connectivity index (χ2n) is 5.10. The van der Waals surface area contributed by atoms with Crippen LogP contribution in [0.15, 0.2) is 40.6 Å². The number of amides is 1. The minimum Gasteiger partial charge on any atom is -0.325 e. The molecule has 0 aliphatic heterocycles. The Balaban J connectivity index is 1.49. The van der Waals surface area contributed by atoms with Crippen LogP contribution >= 0.6 is 23.5 Å². The molecule has 1 aromatic carbocycles. The van der Waals surface area contributed by atoms with Crippen molar-refractivity contribution in [3.63, 3.8) is 0 Å². The Morgan fingerprint density at radius 3 is 3.00 bits per heavy atom. The van der Waals surface area contributed by atoms with Crippen molar-refractivity contribution in [3.05, 3.63) is 30.6 Å². The van der Waals surface area contributed by atoms with Crippen molar-refractivity contribution < 1.29 is 4.79 Å². The maximum Gasteiger partial charge on any atom is 0.225 e. The number of rotatable bonds is 7. The Bertz CT molecular complexity index is 654. The first-order valence-electron chi connectivity index (χ1n) is 7.23. The van der Waals surface area contributed by atoms with Gasteiger partial charge in [0.2, 0.25) is 5.91 Å². The van der Waals surface area contributed by atoms with Crippen molar-refractivity contribution >= 4 is 35.1 Å². The topological polar surface area (TPSA) is 59.8 Å². The van der Waals surface area contributed by atoms with Crippen LogP contribution in [0, 0.1) is 0 Å². The number of aromatic nitrogens is 3. The predicted molar refractivity (Wildman–Crippen MR) is 90.5 cm³/mol. The zero-order valence-corrected chi connectivity index (χ0v) is 14.0. The third kappa shape index (κ3) is 3.84. The van der Waals surface area contributed by atoms with E-state index in [1.807, 2.05) is 30.5 Å². The minimum absolute atomic E-state index is 0.0338. The molecule has 1 heterocycles. The molecule has 1 fully saturated rings. The van der Waals surface area contributed by atoms with Gasteiger partial charge < -0.3 is 9.88 Å². The number of carbonyl (C=O) groups excluding carboxylic acids is 1. The molecule has 0 radical (unpaired) electrons. The van der Waals surface area contributed by atoms with Crippen molar-refractivity contribution in [2.75, 3.05) is 17.3 Å². The molecule has 0 bridgehead atoms. The van der Waals surface area contributed by atoms with E-state index in [-0.39, 0.29) is 5.91 Å². The van der Waals surface area contributed by atoms with Gasteiger partial charge in [0.25, 0.3) is 0 Å². The highest BCUT2D eigenvalue weighted by atomic mass is 32.2. The number of thioether (sulfide) groups is 2. The summed E-state index contributed by atoms with van der Waals surface area (Å²) in [6, 6.07) is 8.41. The molecule has 1 aliphatic carbocycles. The number of anilines is 1. The lowest BCUT2D eigenvalue weighted by Gasteiger charge is -2.09. The normalized spacial score (nSPS) is 14.0. The minimum atomic E-state index is 0.0338. The number of nitrogens with one attached hydrogen (secondary N) is 1. The average Bonchev–Trinajstić information content (AvgIpc) is 3.27. The van der Waals surface area contributed by atoms with E-state index >= 15 is 0 Å². The van der Waals surface area contributed by atoms with Crippen LogP contribution in [0.5, 0.6) is 0 Å². The summed E-state index contributed by atoms with van der Waals surface area (Å²) < 4.78 is 2.12. The van der Waals surface area contributed by atoms with Crippen LogP contribution < -0.4 is 5.32 Å². The van der Waals surface area contributed by atoms with E-state index < -0.39 is 0 Å². The van der Waals surface area contributed by atoms with E-state index in [0.717, 1.165) is 15.7 Å². The number of hydrogen-bond donors (Lipinski definition) is 1. The first-order valence-corrected chi connectivity index (χ1v) is 9.44. The van der Waals surface area contributed by atoms with E-state index in [0.29, 0.717) is 18.2 Å². The summed E-state index contributed by atoms with van der Waals surface area (Å²) in [7, 11) is 0. The van der Waals surface area contributed by atoms with Crippen LogP contribution in [0.1, 0.15) is 25.3 Å². The van der Waals surface area contributed by atoms with E-state index in [9.17, 15) is 4.79 Å². The number of hydrogen-bond acceptors (Lipinski definition) is 5. The van der Waals surface area contributed by atoms with Crippen LogP contribution in [0.25, 0.3) is 0 Å². The number of carbonyl (C=O) groups is 1. The zero-order chi connectivity index (χ0) is 15.4. The fourth-order valence-corrected chi connectivity index (χ4v) is 3.61. The Morgan fingerprint density at radius 1 is 1.41 bits per heavy atom. The first kappa shape index (κ1) is 15.4. The number of nitrogens with zero attached hydrogens (tertiary/aromatic N) is 3. The Labute approximate surface area is 138 Å². The largest absolute Gasteiger partial charge is 0.325 e. The van der Waals surface area contributed by atoms with E-state index in [1.54, 1.807) is 29.9 Å². The number of para-hydroxylation sites is 1. The summed E-state index contributed by atoms with van der Waals surface area (Å²) in [6.07, 6.45) is 6.67. The maximum atomic E-state index is 12.1. The highest BCUT2D eigenvalue weighted by Crippen LogP contribution is 2.37. The van der Waals surface area contributed by atoms with Gasteiger partial charge in [-0.15, -0.1) is 22.0 Å². The standard InChI is InChI=1S/C15H18N4OS2/c1-21-13-5-3-2-4-12(13)17-14(20)8-9-22-15-18-16-10-19(15)11-6-7-11/h2-5,10-11H,6-9H2,1H3,(H,17,20). The molecular weight excluding hydrogens is 316 g/mol. The van der Waals surface area contributed by atoms with Crippen LogP contribution in [0.3, 0.4) is 0 Å². The SMILES string of the molecule is CSc1ccccc1NC(=O)CCSc1nncn1C1CC1. The molecule has 1 aliphatic rings. The fourth-order valence-electron chi connectivity index (χ4n) is 2.13. The third-order valence-corrected chi connectivity index (χ3v) is 5.18. The second kappa shape index (κ2) is 7.19. The summed E-state index contributed by atoms with van der Waals surface area (Å²) in [5.74, 6) is 0.741. The Morgan fingerprint density at radius 2 is 2.23 bits per heavy atom. The van der Waals surface area contributed by atoms with Crippen LogP contribution in [-0.2, 0) is 4.79 Å². The lowest BCUT2D eigenvalue weighted by Crippen LogP contribution is -2.13. The molecule has 116 valence electrons. The lowest BCUT2D eigenvalue weighted by molar-refractivity contribution is -0.115. The smallest absolute Gasteiger partial charge is 0.225 e. The maximum absolute atomic E-state index is 12.1. The van der Waals surface area contributed by atoms with Gasteiger partial charge >= 0.3 is 0 Å². The first-order chi connectivity index (χ1) is 10.8. The Kier molecular flexibility index (Phi) is 5.04. The van der Waals surface area contributed by atoms with Gasteiger partial charge in [0.1, 0.15) is 6.33 Å². The predicted octanol–water partition coefficient (Wildman–Crippen LogP) is 3.46. The van der Waals surface area contributed by atoms with Gasteiger partial charge in [-0.3, -0.25) is 4.79 Å². The summed E-state index contributed by atoms with van der Waals surface area (Å²) in [5.41, 5.74) is 0.881. The molecule has 0 spiro atoms. The van der Waals surface area contributed by atoms with Crippen LogP contribution in [0.2, 0.25) is 0 Å². The van der Waals surface area contributed by atoms with Crippen LogP contribution in [0.4, 0.5) is 5.69 Å². The highest BCUT2D eigenvalue weighted by molar-refractivity contribution is 7.99. The van der Waals surface area contributed by atoms with Gasteiger partial charge in [0.05, 0.1) is 5.69 Å². The third-order valence-electron chi connectivity index (χ3n) is 3.42. The van der Waals surface area contributed by atoms with E-state index in [4.69, 9.17) is 0 Å². The molecule has 1 aromatic heterocycles. The van der Waals surface area contributed by atoms with E-state index in [1.165, 1.54) is 12.8 Å². The zero-order valence-electron chi connectivity index (χ0n) is 12.4. The number of benzene rings is 1. The molecule has 0 atom stereocenters. The van der Waals surface area contributed by atoms with Gasteiger partial charge in [-0.1, -0.05) is 23.9 Å². The van der Waals surface area contributed by atoms with Crippen LogP contribution in [-0.4, -0.2) is 32.7 Å². The van der Waals surface area contributed by atoms with E-state index in [2.05, 4.69) is 20.1 Å². The van der Waals surface area contributed by atoms with Crippen molar-refractivity contribution in [3.8, 4) is 0 Å². The monoisotopic (exact) mass is 334 g/mol. The highest BCUT2D eigenvalue weighted by Gasteiger charge is 2.26. The molecule has 1 saturated carbocycles. The molecule has 3 rings (SSSR count). The summed E-state index contributed by atoms with van der Waals surface area (Å²) >= 11 is 3.22. The fraction of sp³-hybridized carbons (Fsp3) is 0.400. The lowest BCUT2D eigenvalue weighted by atomic mass is 10.3. The molecule has 0 unspecified atom stereocenters. The summed E-state index contributed by atoms with van der Waals surface area (Å²) in [4.78, 5) is 13.1. The van der Waals surface area contributed by atoms with Crippen molar-refractivity contribution in [1.82, 2.24) is 14.8 Å². The van der Waals surface area contributed by atoms with Crippen molar-refractivity contribution in [2.24, 2.45) is 0 Å². The summed E-state index contributed by atoms with van der Waals surface area (Å²) in [6.45, 7) is 0. The van der Waals surface area contributed by atoms with Crippen molar-refractivity contribution in [1.29, 1.82) is 0 Å². The quantitative estimate of drug-likeness (QED) is 0.786. The van der Waals surface area contributed by atoms with Gasteiger partial charge in [0.15, 0.2) is 5.16 Å². The van der Waals surface area contributed by atoms with Gasteiger partial charge in [-0.05, 0) is 31.2 Å². The summed E-state index contributed by atoms with van der Waals surface area (Å²) in [5, 5.41) is 12.0. The van der Waals surface area contributed by atoms with Gasteiger partial charge in [-0.2, -0.15) is 0 Å². The average molecular weight is 334 g/mol. The van der Waals surface area contributed by atoms with Gasteiger partial charge in [-0.25, -0.2) is 0 Å². The molecular formula is C15H18N4OS2. The Hall–Kier alpha value is -1.47. The van der Waals surface area contributed by atoms with Crippen molar-refractivity contribution in [2.45, 2.75) is 35.4 Å². The molecule has 5 nitrogen and oxygen atoms in total. The molecule has 0 saturated heterocycles. The molecule has 22 heavy (non-hydrogen) atoms. The molecule has 2 aromatic rings. The van der Waals surface area contributed by atoms with Gasteiger partial charge in [0, 0.05) is 23.1 Å². The molecule has 1 N–H and O–H groups in total. The molecule has 7 heteroatoms.